The van der Waals surface area contributed by atoms with Crippen LogP contribution in [0.5, 0.6) is 0 Å². The first-order valence-corrected chi connectivity index (χ1v) is 4.83. The summed E-state index contributed by atoms with van der Waals surface area (Å²) < 4.78 is 0. The molecule has 0 saturated carbocycles. The number of likely N-dealkylation sites (N-methyl/N-ethyl adjacent to an activating group) is 1. The Morgan fingerprint density at radius 3 is 2.36 bits per heavy atom. The van der Waals surface area contributed by atoms with Gasteiger partial charge in [0.2, 0.25) is 0 Å². The fraction of sp³-hybridized carbons (Fsp3) is 0.364. The van der Waals surface area contributed by atoms with Crippen molar-refractivity contribution in [2.75, 3.05) is 14.1 Å². The van der Waals surface area contributed by atoms with Crippen LogP contribution in [0.15, 0.2) is 24.3 Å². The van der Waals surface area contributed by atoms with E-state index in [-0.39, 0.29) is 11.8 Å². The number of carbonyl (C=O) groups is 1. The van der Waals surface area contributed by atoms with Crippen LogP contribution in [0.4, 0.5) is 0 Å². The molecule has 0 N–H and O–H groups in total. The molecular formula is C11H14ClNO. The third kappa shape index (κ3) is 2.34. The van der Waals surface area contributed by atoms with Crippen molar-refractivity contribution in [2.24, 2.45) is 0 Å². The van der Waals surface area contributed by atoms with E-state index in [1.165, 1.54) is 0 Å². The molecule has 1 aromatic rings. The van der Waals surface area contributed by atoms with E-state index >= 15 is 0 Å². The smallest absolute Gasteiger partial charge is 0.151 e. The van der Waals surface area contributed by atoms with Crippen LogP contribution >= 0.6 is 11.6 Å². The third-order valence-electron chi connectivity index (χ3n) is 2.10. The molecule has 1 unspecified atom stereocenters. The van der Waals surface area contributed by atoms with Crippen LogP contribution in [-0.4, -0.2) is 24.8 Å². The molecule has 1 atom stereocenters. The predicted molar refractivity (Wildman–Crippen MR) is 58.6 cm³/mol. The fourth-order valence-electron chi connectivity index (χ4n) is 1.56. The van der Waals surface area contributed by atoms with Gasteiger partial charge in [0.15, 0.2) is 5.78 Å². The van der Waals surface area contributed by atoms with Crippen LogP contribution in [0.25, 0.3) is 0 Å². The number of rotatable bonds is 3. The summed E-state index contributed by atoms with van der Waals surface area (Å²) >= 11 is 6.03. The van der Waals surface area contributed by atoms with E-state index in [1.54, 1.807) is 13.0 Å². The van der Waals surface area contributed by atoms with Gasteiger partial charge in [-0.15, -0.1) is 0 Å². The number of halogens is 1. The van der Waals surface area contributed by atoms with Crippen molar-refractivity contribution >= 4 is 17.4 Å². The number of hydrogen-bond acceptors (Lipinski definition) is 2. The average molecular weight is 212 g/mol. The van der Waals surface area contributed by atoms with Crippen LogP contribution in [0, 0.1) is 0 Å². The highest BCUT2D eigenvalue weighted by atomic mass is 35.5. The summed E-state index contributed by atoms with van der Waals surface area (Å²) in [6.07, 6.45) is 0. The van der Waals surface area contributed by atoms with E-state index in [0.29, 0.717) is 5.02 Å². The van der Waals surface area contributed by atoms with Crippen molar-refractivity contribution in [3.05, 3.63) is 34.9 Å². The van der Waals surface area contributed by atoms with Gasteiger partial charge in [-0.1, -0.05) is 29.8 Å². The molecule has 0 fully saturated rings. The van der Waals surface area contributed by atoms with Crippen molar-refractivity contribution in [3.63, 3.8) is 0 Å². The molecule has 3 heteroatoms. The SMILES string of the molecule is CC(=O)C(c1ccccc1Cl)N(C)C. The Bertz CT molecular complexity index is 336. The molecule has 1 rings (SSSR count). The second-order valence-electron chi connectivity index (χ2n) is 3.50. The van der Waals surface area contributed by atoms with E-state index in [2.05, 4.69) is 0 Å². The summed E-state index contributed by atoms with van der Waals surface area (Å²) in [6.45, 7) is 1.58. The van der Waals surface area contributed by atoms with E-state index in [1.807, 2.05) is 37.2 Å². The average Bonchev–Trinajstić information content (AvgIpc) is 2.07. The largest absolute Gasteiger partial charge is 0.298 e. The molecule has 14 heavy (non-hydrogen) atoms. The lowest BCUT2D eigenvalue weighted by Gasteiger charge is -2.22. The zero-order valence-corrected chi connectivity index (χ0v) is 9.38. The van der Waals surface area contributed by atoms with Gasteiger partial charge in [0.05, 0.1) is 6.04 Å². The Balaban J connectivity index is 3.12. The van der Waals surface area contributed by atoms with E-state index in [0.717, 1.165) is 5.56 Å². The summed E-state index contributed by atoms with van der Waals surface area (Å²) in [5, 5.41) is 0.640. The van der Waals surface area contributed by atoms with Crippen LogP contribution in [0.3, 0.4) is 0 Å². The lowest BCUT2D eigenvalue weighted by molar-refractivity contribution is -0.121. The summed E-state index contributed by atoms with van der Waals surface area (Å²) in [4.78, 5) is 13.3. The van der Waals surface area contributed by atoms with Gasteiger partial charge in [-0.2, -0.15) is 0 Å². The lowest BCUT2D eigenvalue weighted by atomic mass is 10.0. The van der Waals surface area contributed by atoms with Gasteiger partial charge in [-0.05, 0) is 32.6 Å². The Kier molecular flexibility index (Phi) is 3.67. The summed E-state index contributed by atoms with van der Waals surface area (Å²) in [5.41, 5.74) is 0.867. The van der Waals surface area contributed by atoms with Crippen molar-refractivity contribution in [3.8, 4) is 0 Å². The maximum Gasteiger partial charge on any atom is 0.151 e. The van der Waals surface area contributed by atoms with E-state index in [4.69, 9.17) is 11.6 Å². The summed E-state index contributed by atoms with van der Waals surface area (Å²) in [5.74, 6) is 0.100. The van der Waals surface area contributed by atoms with Crippen molar-refractivity contribution in [2.45, 2.75) is 13.0 Å². The maximum absolute atomic E-state index is 11.4. The van der Waals surface area contributed by atoms with Crippen molar-refractivity contribution in [1.29, 1.82) is 0 Å². The molecule has 0 heterocycles. The number of nitrogens with zero attached hydrogens (tertiary/aromatic N) is 1. The maximum atomic E-state index is 11.4. The number of carbonyl (C=O) groups excluding carboxylic acids is 1. The number of Topliss-reactive ketones (excluding diaryl/α,β-unsaturated/α-hetero) is 1. The van der Waals surface area contributed by atoms with Gasteiger partial charge in [0.25, 0.3) is 0 Å². The van der Waals surface area contributed by atoms with Crippen LogP contribution in [0.1, 0.15) is 18.5 Å². The van der Waals surface area contributed by atoms with Gasteiger partial charge >= 0.3 is 0 Å². The Morgan fingerprint density at radius 1 is 1.36 bits per heavy atom. The van der Waals surface area contributed by atoms with Gasteiger partial charge < -0.3 is 0 Å². The van der Waals surface area contributed by atoms with Gasteiger partial charge in [-0.3, -0.25) is 9.69 Å². The molecule has 0 aliphatic heterocycles. The summed E-state index contributed by atoms with van der Waals surface area (Å²) in [6, 6.07) is 7.19. The van der Waals surface area contributed by atoms with Gasteiger partial charge in [0.1, 0.15) is 0 Å². The standard InChI is InChI=1S/C11H14ClNO/c1-8(14)11(13(2)3)9-6-4-5-7-10(9)12/h4-7,11H,1-3H3. The van der Waals surface area contributed by atoms with Crippen molar-refractivity contribution in [1.82, 2.24) is 4.90 Å². The van der Waals surface area contributed by atoms with E-state index in [9.17, 15) is 4.79 Å². The second kappa shape index (κ2) is 4.58. The van der Waals surface area contributed by atoms with Crippen LogP contribution in [0.2, 0.25) is 5.02 Å². The molecule has 0 saturated heterocycles. The van der Waals surface area contributed by atoms with Gasteiger partial charge in [-0.25, -0.2) is 0 Å². The molecule has 0 spiro atoms. The topological polar surface area (TPSA) is 20.3 Å². The molecule has 0 bridgehead atoms. The van der Waals surface area contributed by atoms with Crippen LogP contribution in [-0.2, 0) is 4.79 Å². The molecule has 0 aliphatic rings. The Morgan fingerprint density at radius 2 is 1.93 bits per heavy atom. The predicted octanol–water partition coefficient (Wildman–Crippen LogP) is 2.53. The molecule has 0 aliphatic carbocycles. The second-order valence-corrected chi connectivity index (χ2v) is 3.91. The molecule has 0 amide bonds. The van der Waals surface area contributed by atoms with Crippen LogP contribution < -0.4 is 0 Å². The highest BCUT2D eigenvalue weighted by molar-refractivity contribution is 6.31. The normalized spacial score (nSPS) is 12.9. The highest BCUT2D eigenvalue weighted by Gasteiger charge is 2.20. The Labute approximate surface area is 89.5 Å². The lowest BCUT2D eigenvalue weighted by Crippen LogP contribution is -2.26. The first kappa shape index (κ1) is 11.2. The molecule has 2 nitrogen and oxygen atoms in total. The van der Waals surface area contributed by atoms with Gasteiger partial charge in [0, 0.05) is 5.02 Å². The number of ketones is 1. The first-order chi connectivity index (χ1) is 6.54. The third-order valence-corrected chi connectivity index (χ3v) is 2.45. The summed E-state index contributed by atoms with van der Waals surface area (Å²) in [7, 11) is 3.74. The molecule has 0 radical (unpaired) electrons. The monoisotopic (exact) mass is 211 g/mol. The molecule has 76 valence electrons. The molecule has 0 aromatic heterocycles. The Hall–Kier alpha value is -0.860. The quantitative estimate of drug-likeness (QED) is 0.766. The highest BCUT2D eigenvalue weighted by Crippen LogP contribution is 2.26. The minimum Gasteiger partial charge on any atom is -0.298 e. The minimum atomic E-state index is -0.247. The molecular weight excluding hydrogens is 198 g/mol. The fourth-order valence-corrected chi connectivity index (χ4v) is 1.80. The minimum absolute atomic E-state index is 0.100. The molecule has 1 aromatic carbocycles. The zero-order chi connectivity index (χ0) is 10.7. The van der Waals surface area contributed by atoms with E-state index < -0.39 is 0 Å². The number of hydrogen-bond donors (Lipinski definition) is 0. The van der Waals surface area contributed by atoms with Crippen molar-refractivity contribution < 1.29 is 4.79 Å². The first-order valence-electron chi connectivity index (χ1n) is 4.45. The zero-order valence-electron chi connectivity index (χ0n) is 8.62. The number of benzene rings is 1.